The van der Waals surface area contributed by atoms with E-state index in [0.717, 1.165) is 27.4 Å². The van der Waals surface area contributed by atoms with Crippen LogP contribution in [0, 0.1) is 6.92 Å². The van der Waals surface area contributed by atoms with Crippen molar-refractivity contribution in [1.82, 2.24) is 9.97 Å². The van der Waals surface area contributed by atoms with Gasteiger partial charge in [0.1, 0.15) is 0 Å². The van der Waals surface area contributed by atoms with Crippen molar-refractivity contribution in [2.75, 3.05) is 16.8 Å². The van der Waals surface area contributed by atoms with E-state index in [0.29, 0.717) is 35.3 Å². The summed E-state index contributed by atoms with van der Waals surface area (Å²) in [4.78, 5) is 35.6. The van der Waals surface area contributed by atoms with Gasteiger partial charge >= 0.3 is 0 Å². The van der Waals surface area contributed by atoms with E-state index < -0.39 is 0 Å². The normalized spacial score (nSPS) is 13.9. The van der Waals surface area contributed by atoms with E-state index in [1.807, 2.05) is 30.5 Å². The van der Waals surface area contributed by atoms with Crippen LogP contribution in [0.5, 0.6) is 0 Å². The highest BCUT2D eigenvalue weighted by molar-refractivity contribution is 7.15. The molecule has 1 N–H and O–H groups in total. The third-order valence-electron chi connectivity index (χ3n) is 4.60. The van der Waals surface area contributed by atoms with Gasteiger partial charge in [-0.1, -0.05) is 23.7 Å². The molecule has 0 radical (unpaired) electrons. The average molecular weight is 447 g/mol. The number of anilines is 2. The molecule has 0 bridgehead atoms. The molecule has 9 heteroatoms. The molecule has 0 spiro atoms. The summed E-state index contributed by atoms with van der Waals surface area (Å²) in [6.07, 6.45) is 4.06. The van der Waals surface area contributed by atoms with E-state index >= 15 is 0 Å². The lowest BCUT2D eigenvalue weighted by Crippen LogP contribution is -2.23. The van der Waals surface area contributed by atoms with Gasteiger partial charge in [0, 0.05) is 40.9 Å². The van der Waals surface area contributed by atoms with E-state index in [1.165, 1.54) is 22.7 Å². The summed E-state index contributed by atoms with van der Waals surface area (Å²) in [5.41, 5.74) is 2.81. The van der Waals surface area contributed by atoms with Gasteiger partial charge in [0.2, 0.25) is 11.8 Å². The summed E-state index contributed by atoms with van der Waals surface area (Å²) >= 11 is 9.03. The van der Waals surface area contributed by atoms with Gasteiger partial charge in [-0.05, 0) is 30.5 Å². The van der Waals surface area contributed by atoms with Crippen LogP contribution in [0.2, 0.25) is 5.02 Å². The van der Waals surface area contributed by atoms with Gasteiger partial charge in [0.05, 0.1) is 12.1 Å². The molecule has 1 aliphatic rings. The van der Waals surface area contributed by atoms with Crippen LogP contribution >= 0.6 is 34.3 Å². The van der Waals surface area contributed by atoms with Crippen LogP contribution < -0.4 is 10.2 Å². The van der Waals surface area contributed by atoms with Gasteiger partial charge in [-0.15, -0.1) is 22.7 Å². The summed E-state index contributed by atoms with van der Waals surface area (Å²) in [5, 5.41) is 6.64. The van der Waals surface area contributed by atoms with Crippen LogP contribution in [-0.2, 0) is 22.4 Å². The second-order valence-corrected chi connectivity index (χ2v) is 9.25. The predicted octanol–water partition coefficient (Wildman–Crippen LogP) is 4.46. The lowest BCUT2D eigenvalue weighted by atomic mass is 10.1. The van der Waals surface area contributed by atoms with Crippen molar-refractivity contribution in [3.05, 3.63) is 56.5 Å². The Morgan fingerprint density at radius 1 is 1.38 bits per heavy atom. The molecule has 1 saturated heterocycles. The van der Waals surface area contributed by atoms with Crippen molar-refractivity contribution >= 4 is 56.4 Å². The Hall–Kier alpha value is -2.29. The third-order valence-corrected chi connectivity index (χ3v) is 6.83. The second-order valence-electron chi connectivity index (χ2n) is 6.89. The fourth-order valence-electron chi connectivity index (χ4n) is 3.07. The van der Waals surface area contributed by atoms with Crippen LogP contribution in [0.4, 0.5) is 10.3 Å². The van der Waals surface area contributed by atoms with Crippen molar-refractivity contribution in [3.8, 4) is 0 Å². The number of nitrogens with zero attached hydrogens (tertiary/aromatic N) is 3. The lowest BCUT2D eigenvalue weighted by Gasteiger charge is -2.10. The molecule has 150 valence electrons. The molecular formula is C20H19ClN4O2S2. The molecule has 29 heavy (non-hydrogen) atoms. The molecule has 3 aromatic rings. The first-order valence-corrected chi connectivity index (χ1v) is 11.3. The first-order valence-electron chi connectivity index (χ1n) is 9.22. The Labute approximate surface area is 181 Å². The highest BCUT2D eigenvalue weighted by Gasteiger charge is 2.24. The van der Waals surface area contributed by atoms with E-state index in [9.17, 15) is 9.59 Å². The van der Waals surface area contributed by atoms with Crippen molar-refractivity contribution in [1.29, 1.82) is 0 Å². The first kappa shape index (κ1) is 20.0. The number of nitrogens with one attached hydrogen (secondary N) is 1. The number of hydrogen-bond acceptors (Lipinski definition) is 6. The maximum absolute atomic E-state index is 12.3. The molecule has 0 aliphatic carbocycles. The number of carbonyl (C=O) groups is 2. The van der Waals surface area contributed by atoms with Crippen LogP contribution in [0.25, 0.3) is 0 Å². The smallest absolute Gasteiger partial charge is 0.232 e. The SMILES string of the molecule is Cc1ccc(Cc2cnc(NC(=O)Cc3csc(N4CCCC4=O)n3)s2)cc1Cl. The Bertz CT molecular complexity index is 1060. The molecule has 0 unspecified atom stereocenters. The second kappa shape index (κ2) is 8.61. The Morgan fingerprint density at radius 2 is 2.24 bits per heavy atom. The minimum Gasteiger partial charge on any atom is -0.302 e. The van der Waals surface area contributed by atoms with E-state index in [4.69, 9.17) is 11.6 Å². The number of benzene rings is 1. The van der Waals surface area contributed by atoms with Gasteiger partial charge in [-0.2, -0.15) is 0 Å². The standard InChI is InChI=1S/C20H19ClN4O2S2/c1-12-4-5-13(8-16(12)21)7-15-10-22-19(29-15)24-17(26)9-14-11-28-20(23-14)25-6-2-3-18(25)27/h4-5,8,10-11H,2-3,6-7,9H2,1H3,(H,22,24,26). The first-order chi connectivity index (χ1) is 14.0. The molecule has 1 aromatic carbocycles. The number of halogens is 1. The van der Waals surface area contributed by atoms with Gasteiger partial charge in [-0.25, -0.2) is 9.97 Å². The number of aromatic nitrogens is 2. The fourth-order valence-corrected chi connectivity index (χ4v) is 5.01. The Morgan fingerprint density at radius 3 is 3.00 bits per heavy atom. The van der Waals surface area contributed by atoms with E-state index in [2.05, 4.69) is 15.3 Å². The zero-order valence-corrected chi connectivity index (χ0v) is 18.2. The fraction of sp³-hybridized carbons (Fsp3) is 0.300. The monoisotopic (exact) mass is 446 g/mol. The van der Waals surface area contributed by atoms with Crippen molar-refractivity contribution in [3.63, 3.8) is 0 Å². The molecule has 1 fully saturated rings. The molecule has 3 heterocycles. The molecule has 2 amide bonds. The summed E-state index contributed by atoms with van der Waals surface area (Å²) < 4.78 is 0. The molecular weight excluding hydrogens is 428 g/mol. The summed E-state index contributed by atoms with van der Waals surface area (Å²) in [6, 6.07) is 6.00. The Kier molecular flexibility index (Phi) is 5.94. The highest BCUT2D eigenvalue weighted by atomic mass is 35.5. The maximum Gasteiger partial charge on any atom is 0.232 e. The summed E-state index contributed by atoms with van der Waals surface area (Å²) in [7, 11) is 0. The van der Waals surface area contributed by atoms with E-state index in [1.54, 1.807) is 11.1 Å². The molecule has 4 rings (SSSR count). The lowest BCUT2D eigenvalue weighted by molar-refractivity contribution is -0.117. The zero-order chi connectivity index (χ0) is 20.4. The number of rotatable bonds is 6. The minimum atomic E-state index is -0.172. The van der Waals surface area contributed by atoms with Crippen LogP contribution in [0.3, 0.4) is 0 Å². The molecule has 2 aromatic heterocycles. The topological polar surface area (TPSA) is 75.2 Å². The van der Waals surface area contributed by atoms with Crippen molar-refractivity contribution in [2.45, 2.75) is 32.6 Å². The maximum atomic E-state index is 12.3. The molecule has 1 aliphatic heterocycles. The summed E-state index contributed by atoms with van der Waals surface area (Å²) in [5.74, 6) is -0.0746. The predicted molar refractivity (Wildman–Crippen MR) is 117 cm³/mol. The number of amides is 2. The van der Waals surface area contributed by atoms with Gasteiger partial charge in [0.25, 0.3) is 0 Å². The largest absolute Gasteiger partial charge is 0.302 e. The minimum absolute atomic E-state index is 0.0977. The van der Waals surface area contributed by atoms with Crippen LogP contribution in [-0.4, -0.2) is 28.3 Å². The quantitative estimate of drug-likeness (QED) is 0.606. The number of hydrogen-bond donors (Lipinski definition) is 1. The van der Waals surface area contributed by atoms with Gasteiger partial charge in [-0.3, -0.25) is 14.5 Å². The van der Waals surface area contributed by atoms with Gasteiger partial charge in [0.15, 0.2) is 10.3 Å². The Balaban J connectivity index is 1.34. The number of carbonyl (C=O) groups excluding carboxylic acids is 2. The number of thiazole rings is 2. The molecule has 0 atom stereocenters. The van der Waals surface area contributed by atoms with Crippen LogP contribution in [0.15, 0.2) is 29.8 Å². The highest BCUT2D eigenvalue weighted by Crippen LogP contribution is 2.26. The molecule has 6 nitrogen and oxygen atoms in total. The van der Waals surface area contributed by atoms with Crippen molar-refractivity contribution < 1.29 is 9.59 Å². The third kappa shape index (κ3) is 4.83. The molecule has 0 saturated carbocycles. The van der Waals surface area contributed by atoms with Gasteiger partial charge < -0.3 is 5.32 Å². The van der Waals surface area contributed by atoms with Crippen LogP contribution in [0.1, 0.15) is 34.5 Å². The van der Waals surface area contributed by atoms with E-state index in [-0.39, 0.29) is 18.2 Å². The van der Waals surface area contributed by atoms with Crippen molar-refractivity contribution in [2.24, 2.45) is 0 Å². The zero-order valence-electron chi connectivity index (χ0n) is 15.8. The number of aryl methyl sites for hydroxylation is 1. The summed E-state index contributed by atoms with van der Waals surface area (Å²) in [6.45, 7) is 2.67. The average Bonchev–Trinajstić information content (AvgIpc) is 3.40.